The summed E-state index contributed by atoms with van der Waals surface area (Å²) in [5.74, 6) is -0.873. The van der Waals surface area contributed by atoms with E-state index in [4.69, 9.17) is 4.42 Å². The van der Waals surface area contributed by atoms with Crippen molar-refractivity contribution in [3.8, 4) is 10.4 Å². The summed E-state index contributed by atoms with van der Waals surface area (Å²) in [5, 5.41) is 2.93. The fourth-order valence-corrected chi connectivity index (χ4v) is 6.15. The maximum Gasteiger partial charge on any atom is 0.262 e. The van der Waals surface area contributed by atoms with Gasteiger partial charge in [-0.1, -0.05) is 44.2 Å². The second kappa shape index (κ2) is 10.3. The van der Waals surface area contributed by atoms with Gasteiger partial charge in [0.25, 0.3) is 11.8 Å². The van der Waals surface area contributed by atoms with E-state index in [0.717, 1.165) is 10.4 Å². The van der Waals surface area contributed by atoms with E-state index in [1.807, 2.05) is 50.2 Å². The lowest BCUT2D eigenvalue weighted by Crippen LogP contribution is -2.52. The number of fused-ring (bicyclic) bond motifs is 1. The molecule has 0 radical (unpaired) electrons. The fraction of sp³-hybridized carbons (Fsp3) is 0.357. The van der Waals surface area contributed by atoms with Crippen LogP contribution in [0.25, 0.3) is 10.4 Å². The molecule has 2 saturated heterocycles. The van der Waals surface area contributed by atoms with Gasteiger partial charge in [-0.25, -0.2) is 0 Å². The van der Waals surface area contributed by atoms with Crippen molar-refractivity contribution in [1.29, 1.82) is 0 Å². The first kappa shape index (κ1) is 25.0. The Labute approximate surface area is 219 Å². The molecule has 1 N–H and O–H groups in total. The molecule has 3 aromatic rings. The lowest BCUT2D eigenvalue weighted by molar-refractivity contribution is -0.138. The number of nitrogens with one attached hydrogen (secondary N) is 1. The van der Waals surface area contributed by atoms with Crippen LogP contribution >= 0.6 is 11.3 Å². The van der Waals surface area contributed by atoms with Crippen LogP contribution in [0, 0.1) is 5.92 Å². The van der Waals surface area contributed by atoms with E-state index >= 15 is 0 Å². The normalized spacial score (nSPS) is 19.8. The minimum Gasteiger partial charge on any atom is -0.472 e. The summed E-state index contributed by atoms with van der Waals surface area (Å²) >= 11 is 1.37. The maximum atomic E-state index is 13.7. The molecule has 9 heteroatoms. The summed E-state index contributed by atoms with van der Waals surface area (Å²) < 4.78 is 5.02. The van der Waals surface area contributed by atoms with Gasteiger partial charge in [0.1, 0.15) is 18.3 Å². The minimum atomic E-state index is -0.764. The second-order valence-corrected chi connectivity index (χ2v) is 11.0. The van der Waals surface area contributed by atoms with Crippen LogP contribution in [-0.4, -0.2) is 64.5 Å². The summed E-state index contributed by atoms with van der Waals surface area (Å²) in [4.78, 5) is 57.4. The number of likely N-dealkylation sites (tertiary alicyclic amines) is 2. The number of thiophene rings is 1. The zero-order valence-corrected chi connectivity index (χ0v) is 21.6. The molecule has 5 rings (SSSR count). The number of carbonyl (C=O) groups is 4. The number of hydrogen-bond acceptors (Lipinski definition) is 6. The molecule has 1 aromatic carbocycles. The van der Waals surface area contributed by atoms with Crippen molar-refractivity contribution in [2.75, 3.05) is 13.1 Å². The van der Waals surface area contributed by atoms with Gasteiger partial charge in [0, 0.05) is 11.4 Å². The van der Waals surface area contributed by atoms with Crippen LogP contribution in [-0.2, 0) is 9.59 Å². The van der Waals surface area contributed by atoms with E-state index < -0.39 is 12.1 Å². The lowest BCUT2D eigenvalue weighted by Gasteiger charge is -2.29. The predicted molar refractivity (Wildman–Crippen MR) is 139 cm³/mol. The first-order valence-electron chi connectivity index (χ1n) is 12.5. The Bertz CT molecular complexity index is 1300. The number of Topliss-reactive ketones (excluding diaryl/α,β-unsaturated/α-hetero) is 1. The molecule has 3 amide bonds. The van der Waals surface area contributed by atoms with Gasteiger partial charge in [-0.05, 0) is 42.5 Å². The highest BCUT2D eigenvalue weighted by Gasteiger charge is 2.52. The zero-order chi connectivity index (χ0) is 26.1. The second-order valence-electron chi connectivity index (χ2n) is 9.93. The number of nitrogens with zero attached hydrogens (tertiary/aromatic N) is 2. The summed E-state index contributed by atoms with van der Waals surface area (Å²) in [6.07, 6.45) is 3.74. The Balaban J connectivity index is 1.31. The van der Waals surface area contributed by atoms with E-state index in [9.17, 15) is 19.2 Å². The molecule has 3 atom stereocenters. The van der Waals surface area contributed by atoms with Gasteiger partial charge in [0.15, 0.2) is 5.78 Å². The molecule has 2 aliphatic heterocycles. The summed E-state index contributed by atoms with van der Waals surface area (Å²) in [7, 11) is 0. The Morgan fingerprint density at radius 1 is 1.08 bits per heavy atom. The van der Waals surface area contributed by atoms with E-state index in [1.165, 1.54) is 28.8 Å². The van der Waals surface area contributed by atoms with Crippen LogP contribution in [0.3, 0.4) is 0 Å². The predicted octanol–water partition coefficient (Wildman–Crippen LogP) is 3.85. The van der Waals surface area contributed by atoms with E-state index in [2.05, 4.69) is 5.32 Å². The summed E-state index contributed by atoms with van der Waals surface area (Å²) in [6, 6.07) is 13.2. The van der Waals surface area contributed by atoms with E-state index in [0.29, 0.717) is 29.8 Å². The molecule has 192 valence electrons. The van der Waals surface area contributed by atoms with Crippen molar-refractivity contribution in [1.82, 2.24) is 15.1 Å². The van der Waals surface area contributed by atoms with E-state index in [-0.39, 0.29) is 42.0 Å². The maximum absolute atomic E-state index is 13.7. The molecule has 0 aliphatic carbocycles. The number of ketones is 1. The number of furan rings is 1. The van der Waals surface area contributed by atoms with Crippen LogP contribution in [0.5, 0.6) is 0 Å². The van der Waals surface area contributed by atoms with Crippen LogP contribution in [0.1, 0.15) is 46.7 Å². The van der Waals surface area contributed by atoms with Crippen molar-refractivity contribution in [2.45, 2.75) is 44.8 Å². The summed E-state index contributed by atoms with van der Waals surface area (Å²) in [6.45, 7) is 4.30. The first-order chi connectivity index (χ1) is 17.8. The molecular formula is C28H29N3O5S. The third kappa shape index (κ3) is 4.96. The van der Waals surface area contributed by atoms with Crippen molar-refractivity contribution < 1.29 is 23.6 Å². The van der Waals surface area contributed by atoms with Crippen molar-refractivity contribution in [3.63, 3.8) is 0 Å². The highest BCUT2D eigenvalue weighted by atomic mass is 32.1. The monoisotopic (exact) mass is 519 g/mol. The third-order valence-corrected chi connectivity index (χ3v) is 8.07. The molecule has 2 aromatic heterocycles. The lowest BCUT2D eigenvalue weighted by atomic mass is 10.0. The Morgan fingerprint density at radius 3 is 2.57 bits per heavy atom. The van der Waals surface area contributed by atoms with Gasteiger partial charge < -0.3 is 19.5 Å². The molecule has 8 nitrogen and oxygen atoms in total. The molecular weight excluding hydrogens is 490 g/mol. The Morgan fingerprint density at radius 2 is 1.86 bits per heavy atom. The van der Waals surface area contributed by atoms with Gasteiger partial charge in [0.05, 0.1) is 29.3 Å². The average Bonchev–Trinajstić information content (AvgIpc) is 3.69. The van der Waals surface area contributed by atoms with Gasteiger partial charge in [-0.3, -0.25) is 19.2 Å². The molecule has 2 fully saturated rings. The number of rotatable bonds is 7. The zero-order valence-electron chi connectivity index (χ0n) is 20.8. The van der Waals surface area contributed by atoms with Gasteiger partial charge in [-0.15, -0.1) is 11.3 Å². The molecule has 3 unspecified atom stereocenters. The van der Waals surface area contributed by atoms with Gasteiger partial charge >= 0.3 is 0 Å². The van der Waals surface area contributed by atoms with Gasteiger partial charge in [0.2, 0.25) is 5.91 Å². The van der Waals surface area contributed by atoms with Crippen molar-refractivity contribution >= 4 is 34.8 Å². The quantitative estimate of drug-likeness (QED) is 0.511. The topological polar surface area (TPSA) is 99.9 Å². The molecule has 0 bridgehead atoms. The van der Waals surface area contributed by atoms with Crippen molar-refractivity contribution in [2.24, 2.45) is 5.92 Å². The van der Waals surface area contributed by atoms with E-state index in [1.54, 1.807) is 17.0 Å². The molecule has 0 spiro atoms. The molecule has 2 aliphatic rings. The van der Waals surface area contributed by atoms with Crippen molar-refractivity contribution in [3.05, 3.63) is 71.5 Å². The standard InChI is InChI=1S/C28H29N3O5S/c1-17(2)14-20(29-26(33)24-9-8-23(37-24)18-6-4-3-5-7-18)28(35)30-12-10-21-25(30)22(32)15-31(21)27(34)19-11-13-36-16-19/h3-9,11,13,16-17,20-21,25H,10,12,14-15H2,1-2H3,(H,29,33). The average molecular weight is 520 g/mol. The molecule has 0 saturated carbocycles. The Kier molecular flexibility index (Phi) is 6.97. The van der Waals surface area contributed by atoms with Crippen LogP contribution in [0.2, 0.25) is 0 Å². The third-order valence-electron chi connectivity index (χ3n) is 6.93. The number of hydrogen-bond donors (Lipinski definition) is 1. The smallest absolute Gasteiger partial charge is 0.262 e. The largest absolute Gasteiger partial charge is 0.472 e. The number of amides is 3. The Hall–Kier alpha value is -3.72. The SMILES string of the molecule is CC(C)CC(NC(=O)c1ccc(-c2ccccc2)s1)C(=O)N1CCC2C1C(=O)CN2C(=O)c1ccoc1. The highest BCUT2D eigenvalue weighted by molar-refractivity contribution is 7.17. The minimum absolute atomic E-state index is 0.0399. The van der Waals surface area contributed by atoms with Crippen LogP contribution < -0.4 is 5.32 Å². The molecule has 37 heavy (non-hydrogen) atoms. The molecule has 4 heterocycles. The van der Waals surface area contributed by atoms with Crippen LogP contribution in [0.4, 0.5) is 0 Å². The highest BCUT2D eigenvalue weighted by Crippen LogP contribution is 2.32. The van der Waals surface area contributed by atoms with Gasteiger partial charge in [-0.2, -0.15) is 0 Å². The number of benzene rings is 1. The first-order valence-corrected chi connectivity index (χ1v) is 13.3. The summed E-state index contributed by atoms with van der Waals surface area (Å²) in [5.41, 5.74) is 1.41. The fourth-order valence-electron chi connectivity index (χ4n) is 5.23. The van der Waals surface area contributed by atoms with Crippen LogP contribution in [0.15, 0.2) is 65.5 Å². The number of carbonyl (C=O) groups excluding carboxylic acids is 4.